The molecule has 3 rings (SSSR count). The Morgan fingerprint density at radius 2 is 1.88 bits per heavy atom. The topological polar surface area (TPSA) is 75.0 Å². The van der Waals surface area contributed by atoms with Gasteiger partial charge in [-0.25, -0.2) is 4.79 Å². The van der Waals surface area contributed by atoms with E-state index < -0.39 is 11.6 Å². The zero-order valence-corrected chi connectivity index (χ0v) is 14.4. The molecule has 2 heterocycles. The number of esters is 1. The number of carbonyl (C=O) groups excluding carboxylic acids is 1. The maximum atomic E-state index is 12.6. The van der Waals surface area contributed by atoms with Crippen molar-refractivity contribution in [3.63, 3.8) is 0 Å². The van der Waals surface area contributed by atoms with Crippen LogP contribution in [0.15, 0.2) is 39.7 Å². The summed E-state index contributed by atoms with van der Waals surface area (Å²) in [6.07, 6.45) is 4.76. The highest BCUT2D eigenvalue weighted by Crippen LogP contribution is 2.47. The highest BCUT2D eigenvalue weighted by molar-refractivity contribution is 5.97. The molecule has 1 aromatic carbocycles. The summed E-state index contributed by atoms with van der Waals surface area (Å²) in [5, 5.41) is 0. The predicted octanol–water partition coefficient (Wildman–Crippen LogP) is 3.12. The zero-order valence-electron chi connectivity index (χ0n) is 14.4. The minimum atomic E-state index is -1.31. The lowest BCUT2D eigenvalue weighted by Gasteiger charge is -2.24. The smallest absolute Gasteiger partial charge is 0.340 e. The molecule has 0 spiro atoms. The van der Waals surface area contributed by atoms with Crippen LogP contribution in [-0.4, -0.2) is 20.2 Å². The van der Waals surface area contributed by atoms with E-state index in [1.54, 1.807) is 31.2 Å². The van der Waals surface area contributed by atoms with Crippen molar-refractivity contribution >= 4 is 12.0 Å². The molecule has 0 aliphatic carbocycles. The van der Waals surface area contributed by atoms with Gasteiger partial charge in [-0.05, 0) is 26.0 Å². The Bertz CT molecular complexity index is 924. The molecule has 0 bridgehead atoms. The van der Waals surface area contributed by atoms with Crippen LogP contribution in [0.4, 0.5) is 0 Å². The summed E-state index contributed by atoms with van der Waals surface area (Å²) in [6.45, 7) is 3.47. The lowest BCUT2D eigenvalue weighted by molar-refractivity contribution is 0.0166. The molecular formula is C19H18O6. The molecule has 6 heteroatoms. The zero-order chi connectivity index (χ0) is 18.2. The SMILES string of the molecule is CC=Cc1cc(=O)c(C2(C)OC(=O)c3cc(OC)cc(OC)c32)co1. The highest BCUT2D eigenvalue weighted by atomic mass is 16.6. The molecule has 1 atom stereocenters. The van der Waals surface area contributed by atoms with Crippen LogP contribution in [0.3, 0.4) is 0 Å². The Labute approximate surface area is 144 Å². The molecular weight excluding hydrogens is 324 g/mol. The lowest BCUT2D eigenvalue weighted by atomic mass is 9.87. The largest absolute Gasteiger partial charge is 0.497 e. The van der Waals surface area contributed by atoms with Gasteiger partial charge in [0.2, 0.25) is 0 Å². The first-order chi connectivity index (χ1) is 11.9. The standard InChI is InChI=1S/C19H18O6/c1-5-6-11-8-15(20)14(10-24-11)19(2)17-13(18(21)25-19)7-12(22-3)9-16(17)23-4/h5-10H,1-4H3. The highest BCUT2D eigenvalue weighted by Gasteiger charge is 2.48. The minimum absolute atomic E-state index is 0.219. The fraction of sp³-hybridized carbons (Fsp3) is 0.263. The second-order valence-corrected chi connectivity index (χ2v) is 5.74. The maximum absolute atomic E-state index is 12.6. The van der Waals surface area contributed by atoms with Crippen molar-refractivity contribution in [2.24, 2.45) is 0 Å². The van der Waals surface area contributed by atoms with Crippen LogP contribution in [0, 0.1) is 0 Å². The summed E-state index contributed by atoms with van der Waals surface area (Å²) in [5.74, 6) is 0.740. The normalized spacial score (nSPS) is 19.0. The van der Waals surface area contributed by atoms with Crippen molar-refractivity contribution in [1.82, 2.24) is 0 Å². The Kier molecular flexibility index (Phi) is 4.12. The molecule has 1 unspecified atom stereocenters. The van der Waals surface area contributed by atoms with E-state index in [2.05, 4.69) is 0 Å². The van der Waals surface area contributed by atoms with Gasteiger partial charge in [0.15, 0.2) is 11.0 Å². The van der Waals surface area contributed by atoms with Crippen LogP contribution >= 0.6 is 0 Å². The number of allylic oxidation sites excluding steroid dienone is 1. The van der Waals surface area contributed by atoms with Crippen molar-refractivity contribution in [3.8, 4) is 11.5 Å². The van der Waals surface area contributed by atoms with E-state index in [0.717, 1.165) is 0 Å². The Morgan fingerprint density at radius 1 is 1.12 bits per heavy atom. The molecule has 0 fully saturated rings. The Hall–Kier alpha value is -3.02. The van der Waals surface area contributed by atoms with Gasteiger partial charge < -0.3 is 18.6 Å². The summed E-state index contributed by atoms with van der Waals surface area (Å²) in [5.41, 5.74) is -0.599. The van der Waals surface area contributed by atoms with Crippen LogP contribution < -0.4 is 14.9 Å². The molecule has 0 saturated heterocycles. The summed E-state index contributed by atoms with van der Waals surface area (Å²) < 4.78 is 21.7. The molecule has 130 valence electrons. The number of benzene rings is 1. The summed E-state index contributed by atoms with van der Waals surface area (Å²) in [6, 6.07) is 4.58. The first-order valence-electron chi connectivity index (χ1n) is 7.70. The first kappa shape index (κ1) is 16.8. The molecule has 1 aliphatic rings. The van der Waals surface area contributed by atoms with Crippen molar-refractivity contribution in [3.05, 3.63) is 63.2 Å². The fourth-order valence-electron chi connectivity index (χ4n) is 3.03. The van der Waals surface area contributed by atoms with E-state index in [1.807, 2.05) is 6.92 Å². The van der Waals surface area contributed by atoms with Gasteiger partial charge in [0.05, 0.1) is 30.9 Å². The van der Waals surface area contributed by atoms with Crippen LogP contribution in [-0.2, 0) is 10.3 Å². The third-order valence-corrected chi connectivity index (χ3v) is 4.22. The van der Waals surface area contributed by atoms with Gasteiger partial charge in [0.25, 0.3) is 0 Å². The molecule has 0 amide bonds. The number of rotatable bonds is 4. The molecule has 1 aromatic heterocycles. The number of fused-ring (bicyclic) bond motifs is 1. The Morgan fingerprint density at radius 3 is 2.48 bits per heavy atom. The minimum Gasteiger partial charge on any atom is -0.497 e. The molecule has 0 radical (unpaired) electrons. The summed E-state index contributed by atoms with van der Waals surface area (Å²) >= 11 is 0. The quantitative estimate of drug-likeness (QED) is 0.795. The molecule has 2 aromatic rings. The van der Waals surface area contributed by atoms with E-state index in [9.17, 15) is 9.59 Å². The third kappa shape index (κ3) is 2.59. The average Bonchev–Trinajstić information content (AvgIpc) is 2.86. The maximum Gasteiger partial charge on any atom is 0.340 e. The fourth-order valence-corrected chi connectivity index (χ4v) is 3.03. The summed E-state index contributed by atoms with van der Waals surface area (Å²) in [7, 11) is 2.98. The van der Waals surface area contributed by atoms with Gasteiger partial charge in [-0.1, -0.05) is 6.08 Å². The predicted molar refractivity (Wildman–Crippen MR) is 91.1 cm³/mol. The number of methoxy groups -OCH3 is 2. The average molecular weight is 342 g/mol. The molecule has 0 N–H and O–H groups in total. The second kappa shape index (κ2) is 6.12. The molecule has 0 saturated carbocycles. The van der Waals surface area contributed by atoms with Crippen molar-refractivity contribution in [2.75, 3.05) is 14.2 Å². The molecule has 6 nitrogen and oxygen atoms in total. The lowest BCUT2D eigenvalue weighted by Crippen LogP contribution is -2.30. The number of hydrogen-bond donors (Lipinski definition) is 0. The van der Waals surface area contributed by atoms with Gasteiger partial charge >= 0.3 is 5.97 Å². The second-order valence-electron chi connectivity index (χ2n) is 5.74. The number of ether oxygens (including phenoxy) is 3. The van der Waals surface area contributed by atoms with Gasteiger partial charge in [-0.3, -0.25) is 4.79 Å². The number of hydrogen-bond acceptors (Lipinski definition) is 6. The number of carbonyl (C=O) groups is 1. The van der Waals surface area contributed by atoms with E-state index in [4.69, 9.17) is 18.6 Å². The molecule has 25 heavy (non-hydrogen) atoms. The van der Waals surface area contributed by atoms with Crippen LogP contribution in [0.2, 0.25) is 0 Å². The van der Waals surface area contributed by atoms with E-state index in [1.165, 1.54) is 26.5 Å². The van der Waals surface area contributed by atoms with Crippen LogP contribution in [0.1, 0.15) is 41.1 Å². The van der Waals surface area contributed by atoms with E-state index in [0.29, 0.717) is 28.4 Å². The third-order valence-electron chi connectivity index (χ3n) is 4.22. The first-order valence-corrected chi connectivity index (χ1v) is 7.70. The van der Waals surface area contributed by atoms with Gasteiger partial charge in [-0.2, -0.15) is 0 Å². The van der Waals surface area contributed by atoms with Crippen LogP contribution in [0.25, 0.3) is 6.08 Å². The van der Waals surface area contributed by atoms with Crippen molar-refractivity contribution in [1.29, 1.82) is 0 Å². The van der Waals surface area contributed by atoms with Gasteiger partial charge in [-0.15, -0.1) is 0 Å². The molecule has 1 aliphatic heterocycles. The number of cyclic esters (lactones) is 1. The monoisotopic (exact) mass is 342 g/mol. The van der Waals surface area contributed by atoms with Crippen molar-refractivity contribution < 1.29 is 23.4 Å². The summed E-state index contributed by atoms with van der Waals surface area (Å²) in [4.78, 5) is 25.0. The van der Waals surface area contributed by atoms with E-state index in [-0.39, 0.29) is 11.0 Å². The Balaban J connectivity index is 2.24. The van der Waals surface area contributed by atoms with Crippen molar-refractivity contribution in [2.45, 2.75) is 19.4 Å². The van der Waals surface area contributed by atoms with Gasteiger partial charge in [0.1, 0.15) is 23.5 Å². The van der Waals surface area contributed by atoms with Gasteiger partial charge in [0, 0.05) is 12.1 Å². The van der Waals surface area contributed by atoms with E-state index >= 15 is 0 Å². The van der Waals surface area contributed by atoms with Crippen LogP contribution in [0.5, 0.6) is 11.5 Å².